The maximum Gasteiger partial charge on any atom is 0.339 e. The molecule has 0 saturated heterocycles. The normalized spacial score (nSPS) is 11.5. The quantitative estimate of drug-likeness (QED) is 0.466. The van der Waals surface area contributed by atoms with E-state index in [1.807, 2.05) is 19.1 Å². The van der Waals surface area contributed by atoms with Crippen molar-refractivity contribution < 1.29 is 19.2 Å². The Kier molecular flexibility index (Phi) is 6.30. The third kappa shape index (κ3) is 4.80. The van der Waals surface area contributed by atoms with Gasteiger partial charge in [0.15, 0.2) is 6.10 Å². The molecule has 1 amide bonds. The molecule has 0 heterocycles. The predicted octanol–water partition coefficient (Wildman–Crippen LogP) is 3.99. The van der Waals surface area contributed by atoms with E-state index < -0.39 is 28.6 Å². The molecular formula is C18H17ClN2O5. The molecule has 26 heavy (non-hydrogen) atoms. The summed E-state index contributed by atoms with van der Waals surface area (Å²) in [5.74, 6) is -1.36. The number of nitro benzene ring substituents is 1. The summed E-state index contributed by atoms with van der Waals surface area (Å²) in [6.07, 6.45) is -0.196. The number of nitrogens with one attached hydrogen (secondary N) is 1. The van der Waals surface area contributed by atoms with Crippen LogP contribution in [0.25, 0.3) is 0 Å². The molecule has 136 valence electrons. The Morgan fingerprint density at radius 2 is 1.88 bits per heavy atom. The lowest BCUT2D eigenvalue weighted by molar-refractivity contribution is -0.384. The fourth-order valence-electron chi connectivity index (χ4n) is 2.13. The van der Waals surface area contributed by atoms with Crippen LogP contribution in [0.5, 0.6) is 0 Å². The van der Waals surface area contributed by atoms with E-state index in [0.29, 0.717) is 5.69 Å². The van der Waals surface area contributed by atoms with E-state index in [4.69, 9.17) is 16.3 Å². The van der Waals surface area contributed by atoms with E-state index in [2.05, 4.69) is 5.32 Å². The van der Waals surface area contributed by atoms with Crippen molar-refractivity contribution in [1.29, 1.82) is 0 Å². The van der Waals surface area contributed by atoms with Gasteiger partial charge in [-0.05, 0) is 43.2 Å². The lowest BCUT2D eigenvalue weighted by Crippen LogP contribution is -2.30. The summed E-state index contributed by atoms with van der Waals surface area (Å²) in [7, 11) is 0. The van der Waals surface area contributed by atoms with Crippen molar-refractivity contribution in [2.24, 2.45) is 0 Å². The van der Waals surface area contributed by atoms with Gasteiger partial charge in [-0.25, -0.2) is 4.79 Å². The molecule has 2 rings (SSSR count). The lowest BCUT2D eigenvalue weighted by Gasteiger charge is -2.14. The smallest absolute Gasteiger partial charge is 0.339 e. The van der Waals surface area contributed by atoms with Crippen LogP contribution >= 0.6 is 11.6 Å². The minimum atomic E-state index is -1.08. The zero-order valence-electron chi connectivity index (χ0n) is 14.2. The van der Waals surface area contributed by atoms with Crippen LogP contribution in [-0.2, 0) is 16.0 Å². The van der Waals surface area contributed by atoms with Gasteiger partial charge in [0, 0.05) is 11.8 Å². The van der Waals surface area contributed by atoms with Gasteiger partial charge in [0.05, 0.1) is 10.5 Å². The van der Waals surface area contributed by atoms with E-state index in [1.165, 1.54) is 19.1 Å². The molecule has 0 saturated carbocycles. The second-order valence-electron chi connectivity index (χ2n) is 5.51. The minimum absolute atomic E-state index is 0.0620. The highest BCUT2D eigenvalue weighted by Crippen LogP contribution is 2.25. The van der Waals surface area contributed by atoms with Crippen LogP contribution < -0.4 is 5.32 Å². The number of amides is 1. The molecule has 2 aromatic carbocycles. The molecule has 0 spiro atoms. The van der Waals surface area contributed by atoms with Crippen LogP contribution in [0.1, 0.15) is 29.8 Å². The van der Waals surface area contributed by atoms with E-state index in [0.717, 1.165) is 18.1 Å². The van der Waals surface area contributed by atoms with Gasteiger partial charge in [-0.15, -0.1) is 0 Å². The molecule has 0 bridgehead atoms. The van der Waals surface area contributed by atoms with Gasteiger partial charge in [0.1, 0.15) is 5.02 Å². The number of carbonyl (C=O) groups excluding carboxylic acids is 2. The molecule has 1 atom stereocenters. The maximum absolute atomic E-state index is 12.1. The van der Waals surface area contributed by atoms with Crippen LogP contribution in [0, 0.1) is 10.1 Å². The van der Waals surface area contributed by atoms with E-state index in [9.17, 15) is 19.7 Å². The maximum atomic E-state index is 12.1. The number of carbonyl (C=O) groups is 2. The first-order chi connectivity index (χ1) is 12.3. The predicted molar refractivity (Wildman–Crippen MR) is 97.4 cm³/mol. The monoisotopic (exact) mass is 376 g/mol. The van der Waals surface area contributed by atoms with E-state index >= 15 is 0 Å². The molecule has 0 aromatic heterocycles. The van der Waals surface area contributed by atoms with Crippen LogP contribution in [-0.4, -0.2) is 22.9 Å². The number of esters is 1. The Morgan fingerprint density at radius 3 is 2.46 bits per heavy atom. The number of nitrogens with zero attached hydrogens (tertiary/aromatic N) is 1. The molecule has 0 fully saturated rings. The van der Waals surface area contributed by atoms with Crippen LogP contribution in [0.4, 0.5) is 11.4 Å². The minimum Gasteiger partial charge on any atom is -0.449 e. The topological polar surface area (TPSA) is 98.5 Å². The standard InChI is InChI=1S/C18H17ClN2O5/c1-3-12-4-7-14(8-5-12)20-17(22)11(2)26-18(23)13-6-9-15(19)16(10-13)21(24)25/h4-11H,3H2,1-2H3,(H,20,22)/t11-/m1/s1. The number of hydrogen-bond acceptors (Lipinski definition) is 5. The molecule has 7 nitrogen and oxygen atoms in total. The summed E-state index contributed by atoms with van der Waals surface area (Å²) in [6, 6.07) is 10.8. The molecule has 0 radical (unpaired) electrons. The number of benzene rings is 2. The van der Waals surface area contributed by atoms with Crippen molar-refractivity contribution in [1.82, 2.24) is 0 Å². The van der Waals surface area contributed by atoms with Gasteiger partial charge in [-0.1, -0.05) is 30.7 Å². The summed E-state index contributed by atoms with van der Waals surface area (Å²) in [5.41, 5.74) is 1.24. The van der Waals surface area contributed by atoms with Gasteiger partial charge >= 0.3 is 5.97 Å². The second kappa shape index (κ2) is 8.44. The van der Waals surface area contributed by atoms with Gasteiger partial charge in [0.2, 0.25) is 0 Å². The Morgan fingerprint density at radius 1 is 1.23 bits per heavy atom. The zero-order chi connectivity index (χ0) is 19.3. The van der Waals surface area contributed by atoms with Crippen molar-refractivity contribution >= 4 is 34.9 Å². The highest BCUT2D eigenvalue weighted by Gasteiger charge is 2.22. The molecule has 8 heteroatoms. The number of rotatable bonds is 6. The van der Waals surface area contributed by atoms with Gasteiger partial charge < -0.3 is 10.1 Å². The van der Waals surface area contributed by atoms with Crippen molar-refractivity contribution in [2.75, 3.05) is 5.32 Å². The average Bonchev–Trinajstić information content (AvgIpc) is 2.62. The van der Waals surface area contributed by atoms with E-state index in [-0.39, 0.29) is 10.6 Å². The van der Waals surface area contributed by atoms with Crippen LogP contribution in [0.15, 0.2) is 42.5 Å². The molecule has 0 aliphatic heterocycles. The van der Waals surface area contributed by atoms with Gasteiger partial charge in [-0.2, -0.15) is 0 Å². The SMILES string of the molecule is CCc1ccc(NC(=O)[C@@H](C)OC(=O)c2ccc(Cl)c([N+](=O)[O-])c2)cc1. The fraction of sp³-hybridized carbons (Fsp3) is 0.222. The first kappa shape index (κ1) is 19.4. The summed E-state index contributed by atoms with van der Waals surface area (Å²) in [5, 5.41) is 13.4. The Hall–Kier alpha value is -2.93. The van der Waals surface area contributed by atoms with Crippen molar-refractivity contribution in [3.8, 4) is 0 Å². The molecule has 0 aliphatic carbocycles. The third-order valence-electron chi connectivity index (χ3n) is 3.66. The van der Waals surface area contributed by atoms with Crippen molar-refractivity contribution in [3.05, 3.63) is 68.7 Å². The van der Waals surface area contributed by atoms with E-state index in [1.54, 1.807) is 12.1 Å². The third-order valence-corrected chi connectivity index (χ3v) is 3.98. The number of halogens is 1. The van der Waals surface area contributed by atoms with Gasteiger partial charge in [0.25, 0.3) is 11.6 Å². The summed E-state index contributed by atoms with van der Waals surface area (Å²) in [6.45, 7) is 3.44. The molecule has 0 aliphatic rings. The van der Waals surface area contributed by atoms with Crippen molar-refractivity contribution in [3.63, 3.8) is 0 Å². The number of aryl methyl sites for hydroxylation is 1. The number of ether oxygens (including phenoxy) is 1. The first-order valence-electron chi connectivity index (χ1n) is 7.86. The Bertz CT molecular complexity index is 836. The number of anilines is 1. The zero-order valence-corrected chi connectivity index (χ0v) is 14.9. The molecule has 0 unspecified atom stereocenters. The Balaban J connectivity index is 2.02. The molecule has 2 aromatic rings. The number of hydrogen-bond donors (Lipinski definition) is 1. The summed E-state index contributed by atoms with van der Waals surface area (Å²) < 4.78 is 5.07. The summed E-state index contributed by atoms with van der Waals surface area (Å²) in [4.78, 5) is 34.4. The summed E-state index contributed by atoms with van der Waals surface area (Å²) >= 11 is 5.71. The first-order valence-corrected chi connectivity index (χ1v) is 8.24. The number of nitro groups is 1. The van der Waals surface area contributed by atoms with Crippen molar-refractivity contribution in [2.45, 2.75) is 26.4 Å². The highest BCUT2D eigenvalue weighted by molar-refractivity contribution is 6.32. The lowest BCUT2D eigenvalue weighted by atomic mass is 10.1. The fourth-order valence-corrected chi connectivity index (χ4v) is 2.32. The molecule has 1 N–H and O–H groups in total. The van der Waals surface area contributed by atoms with Gasteiger partial charge in [-0.3, -0.25) is 14.9 Å². The Labute approximate surface area is 155 Å². The average molecular weight is 377 g/mol. The second-order valence-corrected chi connectivity index (χ2v) is 5.92. The van der Waals surface area contributed by atoms with Crippen LogP contribution in [0.3, 0.4) is 0 Å². The van der Waals surface area contributed by atoms with Crippen LogP contribution in [0.2, 0.25) is 5.02 Å². The molecular weight excluding hydrogens is 360 g/mol. The highest BCUT2D eigenvalue weighted by atomic mass is 35.5. The largest absolute Gasteiger partial charge is 0.449 e.